The summed E-state index contributed by atoms with van der Waals surface area (Å²) in [7, 11) is 0. The Kier molecular flexibility index (Phi) is 16.2. The number of aldehydes is 1. The van der Waals surface area contributed by atoms with Gasteiger partial charge in [0.1, 0.15) is 6.29 Å². The zero-order valence-electron chi connectivity index (χ0n) is 33.3. The number of hydrogen-bond acceptors (Lipinski definition) is 7. The number of H-pyrrole nitrogens is 1. The van der Waals surface area contributed by atoms with E-state index in [9.17, 15) is 14.4 Å². The second-order valence-electron chi connectivity index (χ2n) is 16.0. The summed E-state index contributed by atoms with van der Waals surface area (Å²) >= 11 is 0. The van der Waals surface area contributed by atoms with Gasteiger partial charge >= 0.3 is 0 Å². The predicted molar refractivity (Wildman–Crippen MR) is 215 cm³/mol. The molecule has 1 saturated heterocycles. The molecule has 1 aliphatic heterocycles. The molecule has 4 N–H and O–H groups in total. The molecule has 1 unspecified atom stereocenters. The molecule has 0 saturated carbocycles. The third kappa shape index (κ3) is 13.4. The van der Waals surface area contributed by atoms with Crippen LogP contribution in [0, 0.1) is 29.6 Å². The van der Waals surface area contributed by atoms with Gasteiger partial charge in [0.2, 0.25) is 11.8 Å². The maximum absolute atomic E-state index is 12.8. The topological polar surface area (TPSA) is 142 Å². The number of aromatic nitrogens is 2. The molecule has 10 nitrogen and oxygen atoms in total. The minimum Gasteiger partial charge on any atom is -0.384 e. The number of carbonyl (C=O) groups excluding carboxylic acids is 4. The summed E-state index contributed by atoms with van der Waals surface area (Å²) in [5.74, 6) is 0.610. The fourth-order valence-corrected chi connectivity index (χ4v) is 6.03. The number of anilines is 1. The Balaban J connectivity index is 0.000000592. The zero-order valence-corrected chi connectivity index (χ0v) is 33.3. The predicted octanol–water partition coefficient (Wildman–Crippen LogP) is 7.83. The van der Waals surface area contributed by atoms with E-state index in [0.29, 0.717) is 39.1 Å². The number of rotatable bonds is 14. The number of Topliss-reactive ketones (excluding diaryl/α,β-unsaturated/α-hetero) is 1. The molecule has 2 aromatic carbocycles. The monoisotopic (exact) mass is 727 g/mol. The van der Waals surface area contributed by atoms with Crippen LogP contribution in [0.15, 0.2) is 54.9 Å². The summed E-state index contributed by atoms with van der Waals surface area (Å²) in [4.78, 5) is 52.6. The molecule has 53 heavy (non-hydrogen) atoms. The lowest BCUT2D eigenvalue weighted by molar-refractivity contribution is -0.126. The normalized spacial score (nSPS) is 14.5. The summed E-state index contributed by atoms with van der Waals surface area (Å²) in [5.41, 5.74) is 5.55. The SMILES string of the molecule is CC1CCCNC1=O.CC=O.Cc1cccc(NCC(C)(C)COCC(C)(C)CNC(=O)CCc2ccc3c(c2)[nH]c2ccncc23)c1C(=O)C(C)C. The van der Waals surface area contributed by atoms with E-state index in [1.165, 1.54) is 6.92 Å². The average Bonchev–Trinajstić information content (AvgIpc) is 3.48. The van der Waals surface area contributed by atoms with Crippen molar-refractivity contribution in [3.63, 3.8) is 0 Å². The minimum absolute atomic E-state index is 0.0402. The van der Waals surface area contributed by atoms with Gasteiger partial charge in [0.25, 0.3) is 0 Å². The van der Waals surface area contributed by atoms with Gasteiger partial charge in [-0.2, -0.15) is 0 Å². The number of benzene rings is 2. The number of nitrogens with one attached hydrogen (secondary N) is 4. The molecule has 0 bridgehead atoms. The van der Waals surface area contributed by atoms with Crippen LogP contribution in [0.25, 0.3) is 21.8 Å². The highest BCUT2D eigenvalue weighted by molar-refractivity contribution is 6.07. The Bertz CT molecular complexity index is 1830. The number of ether oxygens (including phenoxy) is 1. The molecule has 1 fully saturated rings. The lowest BCUT2D eigenvalue weighted by atomic mass is 9.92. The summed E-state index contributed by atoms with van der Waals surface area (Å²) < 4.78 is 6.15. The van der Waals surface area contributed by atoms with E-state index < -0.39 is 0 Å². The summed E-state index contributed by atoms with van der Waals surface area (Å²) in [6.45, 7) is 21.0. The van der Waals surface area contributed by atoms with Gasteiger partial charge in [-0.1, -0.05) is 72.7 Å². The molecule has 1 aliphatic rings. The summed E-state index contributed by atoms with van der Waals surface area (Å²) in [5, 5.41) is 11.6. The van der Waals surface area contributed by atoms with Crippen LogP contribution < -0.4 is 16.0 Å². The van der Waals surface area contributed by atoms with Gasteiger partial charge in [-0.05, 0) is 62.4 Å². The Hall–Kier alpha value is -4.57. The molecule has 2 aromatic heterocycles. The molecular weight excluding hydrogens is 667 g/mol. The van der Waals surface area contributed by atoms with Crippen molar-refractivity contribution >= 4 is 51.4 Å². The van der Waals surface area contributed by atoms with E-state index in [2.05, 4.69) is 71.8 Å². The first kappa shape index (κ1) is 42.8. The zero-order chi connectivity index (χ0) is 39.2. The van der Waals surface area contributed by atoms with Crippen molar-refractivity contribution in [2.45, 2.75) is 88.0 Å². The molecular formula is C43H61N5O5. The molecule has 5 rings (SSSR count). The van der Waals surface area contributed by atoms with Gasteiger partial charge in [0.05, 0.1) is 13.2 Å². The highest BCUT2D eigenvalue weighted by Gasteiger charge is 2.25. The largest absolute Gasteiger partial charge is 0.384 e. The van der Waals surface area contributed by atoms with Crippen LogP contribution in [0.3, 0.4) is 0 Å². The first-order valence-electron chi connectivity index (χ1n) is 18.8. The van der Waals surface area contributed by atoms with E-state index in [4.69, 9.17) is 9.53 Å². The molecule has 2 amide bonds. The van der Waals surface area contributed by atoms with Gasteiger partial charge in [-0.15, -0.1) is 0 Å². The first-order chi connectivity index (χ1) is 25.1. The van der Waals surface area contributed by atoms with Crippen LogP contribution in [0.5, 0.6) is 0 Å². The standard InChI is InChI=1S/C35H46N4O3.C6H11NO.C2H4O/c1-23(2)33(41)32-24(3)9-8-10-29(32)37-19-34(4,5)21-42-22-35(6,7)20-38-31(40)14-12-25-11-13-26-27-18-36-16-15-28(27)39-30(26)17-25;1-5-3-2-4-7-6(5)8;1-2-3/h8-11,13,15-18,23,37,39H,12,14,19-22H2,1-7H3,(H,38,40);5H,2-4H2,1H3,(H,7,8);2H,1H3. The van der Waals surface area contributed by atoms with Gasteiger partial charge in [-0.25, -0.2) is 0 Å². The number of hydrogen-bond donors (Lipinski definition) is 4. The van der Waals surface area contributed by atoms with Crippen LogP contribution in [-0.2, 0) is 25.5 Å². The van der Waals surface area contributed by atoms with E-state index in [0.717, 1.165) is 69.9 Å². The number of aryl methyl sites for hydroxylation is 2. The van der Waals surface area contributed by atoms with Gasteiger partial charge in [0, 0.05) is 94.2 Å². The maximum atomic E-state index is 12.8. The Morgan fingerprint density at radius 3 is 2.36 bits per heavy atom. The highest BCUT2D eigenvalue weighted by Crippen LogP contribution is 2.27. The Morgan fingerprint density at radius 1 is 1.02 bits per heavy atom. The third-order valence-electron chi connectivity index (χ3n) is 9.22. The number of carbonyl (C=O) groups is 4. The third-order valence-corrected chi connectivity index (χ3v) is 9.22. The summed E-state index contributed by atoms with van der Waals surface area (Å²) in [6.07, 6.45) is 7.73. The lowest BCUT2D eigenvalue weighted by Crippen LogP contribution is -2.38. The molecule has 10 heteroatoms. The second kappa shape index (κ2) is 20.0. The molecule has 0 spiro atoms. The number of amides is 2. The fraction of sp³-hybridized carbons (Fsp3) is 0.512. The van der Waals surface area contributed by atoms with E-state index in [1.54, 1.807) is 6.20 Å². The fourth-order valence-electron chi connectivity index (χ4n) is 6.03. The van der Waals surface area contributed by atoms with Crippen molar-refractivity contribution < 1.29 is 23.9 Å². The van der Waals surface area contributed by atoms with Crippen molar-refractivity contribution in [2.75, 3.05) is 38.2 Å². The van der Waals surface area contributed by atoms with Gasteiger partial charge < -0.3 is 30.5 Å². The number of ketones is 1. The maximum Gasteiger partial charge on any atom is 0.222 e. The molecule has 0 radical (unpaired) electrons. The smallest absolute Gasteiger partial charge is 0.222 e. The van der Waals surface area contributed by atoms with E-state index in [1.807, 2.05) is 58.2 Å². The van der Waals surface area contributed by atoms with Gasteiger partial charge in [-0.3, -0.25) is 19.4 Å². The molecule has 4 aromatic rings. The lowest BCUT2D eigenvalue weighted by Gasteiger charge is -2.30. The molecule has 1 atom stereocenters. The van der Waals surface area contributed by atoms with Gasteiger partial charge in [0.15, 0.2) is 5.78 Å². The number of nitrogens with zero attached hydrogens (tertiary/aromatic N) is 1. The van der Waals surface area contributed by atoms with Crippen molar-refractivity contribution in [1.29, 1.82) is 0 Å². The van der Waals surface area contributed by atoms with Crippen LogP contribution in [0.4, 0.5) is 5.69 Å². The second-order valence-corrected chi connectivity index (χ2v) is 16.0. The molecule has 0 aliphatic carbocycles. The highest BCUT2D eigenvalue weighted by atomic mass is 16.5. The van der Waals surface area contributed by atoms with Crippen molar-refractivity contribution in [3.8, 4) is 0 Å². The van der Waals surface area contributed by atoms with Crippen molar-refractivity contribution in [1.82, 2.24) is 20.6 Å². The number of aromatic amines is 1. The number of pyridine rings is 1. The molecule has 3 heterocycles. The van der Waals surface area contributed by atoms with Crippen LogP contribution >= 0.6 is 0 Å². The quantitative estimate of drug-likeness (QED) is 0.0766. The number of piperidine rings is 1. The summed E-state index contributed by atoms with van der Waals surface area (Å²) in [6, 6.07) is 14.2. The minimum atomic E-state index is -0.204. The van der Waals surface area contributed by atoms with E-state index >= 15 is 0 Å². The van der Waals surface area contributed by atoms with Crippen LogP contribution in [-0.4, -0.2) is 66.7 Å². The Labute approximate surface area is 315 Å². The van der Waals surface area contributed by atoms with Crippen LogP contribution in [0.2, 0.25) is 0 Å². The average molecular weight is 728 g/mol. The van der Waals surface area contributed by atoms with Crippen LogP contribution in [0.1, 0.15) is 96.1 Å². The van der Waals surface area contributed by atoms with Crippen molar-refractivity contribution in [3.05, 3.63) is 71.5 Å². The number of fused-ring (bicyclic) bond motifs is 3. The van der Waals surface area contributed by atoms with Crippen molar-refractivity contribution in [2.24, 2.45) is 22.7 Å². The molecule has 288 valence electrons. The van der Waals surface area contributed by atoms with E-state index in [-0.39, 0.29) is 40.3 Å². The Morgan fingerprint density at radius 2 is 1.72 bits per heavy atom. The first-order valence-corrected chi connectivity index (χ1v) is 18.8.